The highest BCUT2D eigenvalue weighted by atomic mass is 16.5. The Bertz CT molecular complexity index is 176. The average molecular weight is 154 g/mol. The van der Waals surface area contributed by atoms with Crippen molar-refractivity contribution < 1.29 is 9.53 Å². The quantitative estimate of drug-likeness (QED) is 0.538. The van der Waals surface area contributed by atoms with Crippen LogP contribution in [0, 0.1) is 11.8 Å². The molecule has 2 aliphatic rings. The molecule has 2 heteroatoms. The molecule has 2 nitrogen and oxygen atoms in total. The molecule has 62 valence electrons. The summed E-state index contributed by atoms with van der Waals surface area (Å²) in [6.45, 7) is 1.51. The van der Waals surface area contributed by atoms with Crippen LogP contribution >= 0.6 is 0 Å². The van der Waals surface area contributed by atoms with Gasteiger partial charge in [-0.2, -0.15) is 0 Å². The van der Waals surface area contributed by atoms with Crippen molar-refractivity contribution in [1.82, 2.24) is 0 Å². The van der Waals surface area contributed by atoms with Crippen molar-refractivity contribution in [2.75, 3.05) is 0 Å². The fourth-order valence-corrected chi connectivity index (χ4v) is 2.54. The molecule has 0 aliphatic heterocycles. The first-order chi connectivity index (χ1) is 5.25. The molecule has 2 rings (SSSR count). The smallest absolute Gasteiger partial charge is 0.302 e. The van der Waals surface area contributed by atoms with Crippen LogP contribution < -0.4 is 0 Å². The third-order valence-electron chi connectivity index (χ3n) is 2.99. The summed E-state index contributed by atoms with van der Waals surface area (Å²) in [5.74, 6) is 1.45. The maximum atomic E-state index is 10.7. The van der Waals surface area contributed by atoms with Crippen molar-refractivity contribution in [2.24, 2.45) is 11.8 Å². The minimum absolute atomic E-state index is 0.109. The Morgan fingerprint density at radius 1 is 1.36 bits per heavy atom. The standard InChI is InChI=1S/C9H14O2/c1-6(10)11-9-5-7-2-3-8(9)4-7/h7-9H,2-5H2,1H3/t7?,8-,9?/m1/s1. The van der Waals surface area contributed by atoms with E-state index in [1.807, 2.05) is 0 Å². The third-order valence-corrected chi connectivity index (χ3v) is 2.99. The molecule has 0 aromatic heterocycles. The van der Waals surface area contributed by atoms with E-state index in [0.29, 0.717) is 5.92 Å². The fourth-order valence-electron chi connectivity index (χ4n) is 2.54. The van der Waals surface area contributed by atoms with E-state index in [-0.39, 0.29) is 12.1 Å². The monoisotopic (exact) mass is 154 g/mol. The Kier molecular flexibility index (Phi) is 1.63. The second kappa shape index (κ2) is 2.50. The normalized spacial score (nSPS) is 41.0. The molecule has 0 heterocycles. The van der Waals surface area contributed by atoms with Gasteiger partial charge in [-0.05, 0) is 37.5 Å². The van der Waals surface area contributed by atoms with Gasteiger partial charge in [0.05, 0.1) is 0 Å². The number of carbonyl (C=O) groups is 1. The third kappa shape index (κ3) is 1.26. The molecule has 3 atom stereocenters. The second-order valence-electron chi connectivity index (χ2n) is 3.82. The number of carbonyl (C=O) groups excluding carboxylic acids is 1. The zero-order chi connectivity index (χ0) is 7.84. The predicted octanol–water partition coefficient (Wildman–Crippen LogP) is 1.74. The lowest BCUT2D eigenvalue weighted by Crippen LogP contribution is -2.22. The summed E-state index contributed by atoms with van der Waals surface area (Å²) < 4.78 is 5.21. The molecule has 0 radical (unpaired) electrons. The van der Waals surface area contributed by atoms with Gasteiger partial charge in [0.15, 0.2) is 0 Å². The molecule has 2 unspecified atom stereocenters. The zero-order valence-electron chi connectivity index (χ0n) is 6.88. The van der Waals surface area contributed by atoms with Crippen LogP contribution in [0.5, 0.6) is 0 Å². The van der Waals surface area contributed by atoms with E-state index < -0.39 is 0 Å². The van der Waals surface area contributed by atoms with E-state index >= 15 is 0 Å². The number of esters is 1. The molecule has 0 aromatic rings. The molecule has 0 spiro atoms. The fraction of sp³-hybridized carbons (Fsp3) is 0.889. The van der Waals surface area contributed by atoms with Crippen molar-refractivity contribution in [3.8, 4) is 0 Å². The first-order valence-corrected chi connectivity index (χ1v) is 4.43. The number of hydrogen-bond acceptors (Lipinski definition) is 2. The van der Waals surface area contributed by atoms with Crippen LogP contribution in [0.2, 0.25) is 0 Å². The predicted molar refractivity (Wildman–Crippen MR) is 41.0 cm³/mol. The molecule has 0 aromatic carbocycles. The SMILES string of the molecule is CC(=O)OC1CC2CC[C@@H]1C2. The lowest BCUT2D eigenvalue weighted by atomic mass is 9.98. The maximum absolute atomic E-state index is 10.7. The minimum Gasteiger partial charge on any atom is -0.462 e. The van der Waals surface area contributed by atoms with Gasteiger partial charge in [0.1, 0.15) is 6.10 Å². The van der Waals surface area contributed by atoms with Gasteiger partial charge in [0, 0.05) is 6.92 Å². The van der Waals surface area contributed by atoms with Gasteiger partial charge in [-0.25, -0.2) is 0 Å². The molecule has 0 amide bonds. The molecule has 2 fully saturated rings. The van der Waals surface area contributed by atoms with E-state index in [4.69, 9.17) is 4.74 Å². The van der Waals surface area contributed by atoms with Gasteiger partial charge < -0.3 is 4.74 Å². The van der Waals surface area contributed by atoms with Crippen molar-refractivity contribution in [2.45, 2.75) is 38.7 Å². The lowest BCUT2D eigenvalue weighted by Gasteiger charge is -2.20. The maximum Gasteiger partial charge on any atom is 0.302 e. The van der Waals surface area contributed by atoms with Crippen LogP contribution in [0.1, 0.15) is 32.6 Å². The molecule has 2 bridgehead atoms. The summed E-state index contributed by atoms with van der Waals surface area (Å²) in [5.41, 5.74) is 0. The summed E-state index contributed by atoms with van der Waals surface area (Å²) in [6, 6.07) is 0. The van der Waals surface area contributed by atoms with Gasteiger partial charge in [0.2, 0.25) is 0 Å². The number of rotatable bonds is 1. The van der Waals surface area contributed by atoms with Gasteiger partial charge in [-0.3, -0.25) is 4.79 Å². The summed E-state index contributed by atoms with van der Waals surface area (Å²) in [6.07, 6.45) is 5.35. The highest BCUT2D eigenvalue weighted by Crippen LogP contribution is 2.45. The summed E-state index contributed by atoms with van der Waals surface area (Å²) in [7, 11) is 0. The second-order valence-corrected chi connectivity index (χ2v) is 3.82. The molecular weight excluding hydrogens is 140 g/mol. The zero-order valence-corrected chi connectivity index (χ0v) is 6.88. The van der Waals surface area contributed by atoms with Crippen molar-refractivity contribution in [1.29, 1.82) is 0 Å². The van der Waals surface area contributed by atoms with E-state index in [0.717, 1.165) is 12.3 Å². The van der Waals surface area contributed by atoms with Crippen LogP contribution in [0.15, 0.2) is 0 Å². The van der Waals surface area contributed by atoms with Crippen LogP contribution in [0.4, 0.5) is 0 Å². The Labute approximate surface area is 66.9 Å². The highest BCUT2D eigenvalue weighted by molar-refractivity contribution is 5.66. The number of hydrogen-bond donors (Lipinski definition) is 0. The Hall–Kier alpha value is -0.530. The average Bonchev–Trinajstić information content (AvgIpc) is 2.45. The van der Waals surface area contributed by atoms with Gasteiger partial charge in [-0.15, -0.1) is 0 Å². The minimum atomic E-state index is -0.109. The number of fused-ring (bicyclic) bond motifs is 2. The largest absolute Gasteiger partial charge is 0.462 e. The summed E-state index contributed by atoms with van der Waals surface area (Å²) >= 11 is 0. The van der Waals surface area contributed by atoms with Crippen LogP contribution in [-0.2, 0) is 9.53 Å². The first kappa shape index (κ1) is 7.14. The molecule has 11 heavy (non-hydrogen) atoms. The summed E-state index contributed by atoms with van der Waals surface area (Å²) in [5, 5.41) is 0. The van der Waals surface area contributed by atoms with Gasteiger partial charge in [-0.1, -0.05) is 0 Å². The first-order valence-electron chi connectivity index (χ1n) is 4.43. The van der Waals surface area contributed by atoms with E-state index in [2.05, 4.69) is 0 Å². The van der Waals surface area contributed by atoms with Crippen LogP contribution in [0.3, 0.4) is 0 Å². The van der Waals surface area contributed by atoms with Crippen molar-refractivity contribution in [3.63, 3.8) is 0 Å². The molecule has 2 saturated carbocycles. The van der Waals surface area contributed by atoms with Crippen molar-refractivity contribution >= 4 is 5.97 Å². The Morgan fingerprint density at radius 2 is 2.18 bits per heavy atom. The van der Waals surface area contributed by atoms with Gasteiger partial charge in [0.25, 0.3) is 0 Å². The lowest BCUT2D eigenvalue weighted by molar-refractivity contribution is -0.148. The Morgan fingerprint density at radius 3 is 2.64 bits per heavy atom. The van der Waals surface area contributed by atoms with E-state index in [9.17, 15) is 4.79 Å². The van der Waals surface area contributed by atoms with Crippen molar-refractivity contribution in [3.05, 3.63) is 0 Å². The van der Waals surface area contributed by atoms with E-state index in [1.54, 1.807) is 0 Å². The number of ether oxygens (including phenoxy) is 1. The Balaban J connectivity index is 1.92. The molecule has 0 saturated heterocycles. The highest BCUT2D eigenvalue weighted by Gasteiger charge is 2.41. The van der Waals surface area contributed by atoms with Crippen LogP contribution in [0.25, 0.3) is 0 Å². The topological polar surface area (TPSA) is 26.3 Å². The van der Waals surface area contributed by atoms with Crippen LogP contribution in [-0.4, -0.2) is 12.1 Å². The molecule has 2 aliphatic carbocycles. The molecule has 0 N–H and O–H groups in total. The summed E-state index contributed by atoms with van der Waals surface area (Å²) in [4.78, 5) is 10.7. The van der Waals surface area contributed by atoms with Gasteiger partial charge >= 0.3 is 5.97 Å². The van der Waals surface area contributed by atoms with E-state index in [1.165, 1.54) is 26.2 Å². The molecular formula is C9H14O2.